The smallest absolute Gasteiger partial charge is 0.205 e. The molecule has 1 heterocycles. The quantitative estimate of drug-likeness (QED) is 0.886. The first kappa shape index (κ1) is 15.5. The van der Waals surface area contributed by atoms with E-state index in [0.29, 0.717) is 35.5 Å². The molecule has 6 nitrogen and oxygen atoms in total. The number of aromatic nitrogens is 1. The maximum absolute atomic E-state index is 9.60. The second-order valence-electron chi connectivity index (χ2n) is 5.69. The number of benzene rings is 1. The van der Waals surface area contributed by atoms with Gasteiger partial charge in [0.15, 0.2) is 11.5 Å². The Morgan fingerprint density at radius 1 is 1.22 bits per heavy atom. The van der Waals surface area contributed by atoms with Gasteiger partial charge in [-0.1, -0.05) is 0 Å². The Morgan fingerprint density at radius 2 is 1.91 bits per heavy atom. The summed E-state index contributed by atoms with van der Waals surface area (Å²) >= 11 is 0. The Bertz CT molecular complexity index is 785. The van der Waals surface area contributed by atoms with Crippen LogP contribution in [0.1, 0.15) is 24.1 Å². The average molecular weight is 315 g/mol. The maximum atomic E-state index is 9.60. The van der Waals surface area contributed by atoms with E-state index in [1.807, 2.05) is 17.7 Å². The number of rotatable bonds is 6. The fraction of sp³-hybridized carbons (Fsp3) is 0.471. The molecule has 0 atom stereocenters. The lowest BCUT2D eigenvalue weighted by Gasteiger charge is -2.14. The van der Waals surface area contributed by atoms with Gasteiger partial charge in [-0.05, 0) is 18.9 Å². The van der Waals surface area contributed by atoms with Crippen molar-refractivity contribution in [2.45, 2.75) is 25.4 Å². The fourth-order valence-electron chi connectivity index (χ4n) is 3.00. The SMILES string of the molecule is COc1cc2c(CNC3CC3)c(C#N)n(C)c2c(OC)c1OC. The number of hydrogen-bond donors (Lipinski definition) is 1. The van der Waals surface area contributed by atoms with Crippen LogP contribution in [0.15, 0.2) is 6.07 Å². The van der Waals surface area contributed by atoms with Gasteiger partial charge in [0, 0.05) is 30.6 Å². The highest BCUT2D eigenvalue weighted by Crippen LogP contribution is 2.45. The molecule has 122 valence electrons. The van der Waals surface area contributed by atoms with Crippen molar-refractivity contribution in [3.63, 3.8) is 0 Å². The van der Waals surface area contributed by atoms with Gasteiger partial charge in [0.1, 0.15) is 11.8 Å². The number of nitriles is 1. The molecule has 0 unspecified atom stereocenters. The number of aryl methyl sites for hydroxylation is 1. The summed E-state index contributed by atoms with van der Waals surface area (Å²) in [5, 5.41) is 14.0. The van der Waals surface area contributed by atoms with Crippen molar-refractivity contribution in [3.8, 4) is 23.3 Å². The minimum Gasteiger partial charge on any atom is -0.493 e. The lowest BCUT2D eigenvalue weighted by atomic mass is 10.1. The zero-order valence-electron chi connectivity index (χ0n) is 13.9. The summed E-state index contributed by atoms with van der Waals surface area (Å²) in [4.78, 5) is 0. The summed E-state index contributed by atoms with van der Waals surface area (Å²) in [6, 6.07) is 4.80. The van der Waals surface area contributed by atoms with E-state index in [-0.39, 0.29) is 0 Å². The van der Waals surface area contributed by atoms with Gasteiger partial charge in [-0.3, -0.25) is 0 Å². The van der Waals surface area contributed by atoms with Gasteiger partial charge in [0.25, 0.3) is 0 Å². The predicted octanol–water partition coefficient (Wildman–Crippen LogP) is 2.33. The summed E-state index contributed by atoms with van der Waals surface area (Å²) in [6.45, 7) is 0.656. The number of methoxy groups -OCH3 is 3. The molecule has 0 amide bonds. The molecule has 1 N–H and O–H groups in total. The largest absolute Gasteiger partial charge is 0.493 e. The fourth-order valence-corrected chi connectivity index (χ4v) is 3.00. The second-order valence-corrected chi connectivity index (χ2v) is 5.69. The molecule has 0 spiro atoms. The molecule has 1 aromatic heterocycles. The summed E-state index contributed by atoms with van der Waals surface area (Å²) in [7, 11) is 6.64. The molecule has 0 radical (unpaired) electrons. The van der Waals surface area contributed by atoms with Crippen molar-refractivity contribution in [3.05, 3.63) is 17.3 Å². The molecular weight excluding hydrogens is 294 g/mol. The van der Waals surface area contributed by atoms with E-state index in [1.54, 1.807) is 21.3 Å². The zero-order valence-corrected chi connectivity index (χ0v) is 13.9. The number of hydrogen-bond acceptors (Lipinski definition) is 5. The highest BCUT2D eigenvalue weighted by molar-refractivity contribution is 5.95. The molecule has 1 fully saturated rings. The zero-order chi connectivity index (χ0) is 16.6. The van der Waals surface area contributed by atoms with Crippen LogP contribution < -0.4 is 19.5 Å². The molecule has 0 saturated heterocycles. The van der Waals surface area contributed by atoms with Crippen LogP contribution in [0, 0.1) is 11.3 Å². The highest BCUT2D eigenvalue weighted by atomic mass is 16.5. The lowest BCUT2D eigenvalue weighted by molar-refractivity contribution is 0.326. The molecule has 1 aliphatic rings. The summed E-state index contributed by atoms with van der Waals surface area (Å²) in [6.07, 6.45) is 2.40. The number of fused-ring (bicyclic) bond motifs is 1. The highest BCUT2D eigenvalue weighted by Gasteiger charge is 2.26. The van der Waals surface area contributed by atoms with Crippen LogP contribution in [0.4, 0.5) is 0 Å². The van der Waals surface area contributed by atoms with Gasteiger partial charge < -0.3 is 24.1 Å². The molecule has 1 aromatic carbocycles. The van der Waals surface area contributed by atoms with Crippen LogP contribution >= 0.6 is 0 Å². The van der Waals surface area contributed by atoms with Gasteiger partial charge in [-0.25, -0.2) is 0 Å². The van der Waals surface area contributed by atoms with E-state index in [2.05, 4.69) is 11.4 Å². The molecule has 23 heavy (non-hydrogen) atoms. The molecule has 1 aliphatic carbocycles. The Morgan fingerprint density at radius 3 is 2.43 bits per heavy atom. The van der Waals surface area contributed by atoms with Crippen LogP contribution in [0.5, 0.6) is 17.2 Å². The topological polar surface area (TPSA) is 68.4 Å². The van der Waals surface area contributed by atoms with E-state index in [9.17, 15) is 5.26 Å². The molecule has 6 heteroatoms. The number of nitrogens with zero attached hydrogens (tertiary/aromatic N) is 2. The van der Waals surface area contributed by atoms with Gasteiger partial charge in [0.05, 0.1) is 26.8 Å². The lowest BCUT2D eigenvalue weighted by Crippen LogP contribution is -2.16. The first-order valence-corrected chi connectivity index (χ1v) is 7.59. The van der Waals surface area contributed by atoms with Gasteiger partial charge in [-0.2, -0.15) is 5.26 Å². The number of nitrogens with one attached hydrogen (secondary N) is 1. The van der Waals surface area contributed by atoms with E-state index >= 15 is 0 Å². The Labute approximate surface area is 135 Å². The minimum absolute atomic E-state index is 0.536. The Hall–Kier alpha value is -2.39. The predicted molar refractivity (Wildman–Crippen MR) is 87.2 cm³/mol. The van der Waals surface area contributed by atoms with Crippen LogP contribution in [0.25, 0.3) is 10.9 Å². The third kappa shape index (κ3) is 2.47. The van der Waals surface area contributed by atoms with Crippen LogP contribution in [-0.2, 0) is 13.6 Å². The standard InChI is InChI=1S/C17H21N3O3/c1-20-13(8-18)12(9-19-10-5-6-10)11-7-14(21-2)16(22-3)17(23-4)15(11)20/h7,10,19H,5-6,9H2,1-4H3. The van der Waals surface area contributed by atoms with E-state index < -0.39 is 0 Å². The van der Waals surface area contributed by atoms with Crippen molar-refractivity contribution in [1.82, 2.24) is 9.88 Å². The van der Waals surface area contributed by atoms with Gasteiger partial charge in [0.2, 0.25) is 5.75 Å². The summed E-state index contributed by atoms with van der Waals surface area (Å²) < 4.78 is 18.3. The molecule has 3 rings (SSSR count). The van der Waals surface area contributed by atoms with Crippen molar-refractivity contribution in [1.29, 1.82) is 5.26 Å². The van der Waals surface area contributed by atoms with Crippen LogP contribution in [0.3, 0.4) is 0 Å². The number of ether oxygens (including phenoxy) is 3. The Balaban J connectivity index is 2.27. The summed E-state index contributed by atoms with van der Waals surface area (Å²) in [5.41, 5.74) is 2.44. The first-order valence-electron chi connectivity index (χ1n) is 7.59. The molecule has 0 aliphatic heterocycles. The third-order valence-corrected chi connectivity index (χ3v) is 4.34. The normalized spacial score (nSPS) is 13.9. The second kappa shape index (κ2) is 6.01. The monoisotopic (exact) mass is 315 g/mol. The van der Waals surface area contributed by atoms with Crippen molar-refractivity contribution < 1.29 is 14.2 Å². The van der Waals surface area contributed by atoms with E-state index in [4.69, 9.17) is 14.2 Å². The average Bonchev–Trinajstić information content (AvgIpc) is 3.36. The Kier molecular flexibility index (Phi) is 4.05. The van der Waals surface area contributed by atoms with Crippen LogP contribution in [-0.4, -0.2) is 31.9 Å². The molecule has 1 saturated carbocycles. The summed E-state index contributed by atoms with van der Waals surface area (Å²) in [5.74, 6) is 1.72. The maximum Gasteiger partial charge on any atom is 0.205 e. The van der Waals surface area contributed by atoms with Crippen LogP contribution in [0.2, 0.25) is 0 Å². The third-order valence-electron chi connectivity index (χ3n) is 4.34. The van der Waals surface area contributed by atoms with Gasteiger partial charge >= 0.3 is 0 Å². The van der Waals surface area contributed by atoms with E-state index in [0.717, 1.165) is 16.5 Å². The van der Waals surface area contributed by atoms with Crippen molar-refractivity contribution in [2.24, 2.45) is 7.05 Å². The molecule has 2 aromatic rings. The first-order chi connectivity index (χ1) is 11.2. The van der Waals surface area contributed by atoms with Crippen molar-refractivity contribution >= 4 is 10.9 Å². The van der Waals surface area contributed by atoms with Crippen molar-refractivity contribution in [2.75, 3.05) is 21.3 Å². The van der Waals surface area contributed by atoms with E-state index in [1.165, 1.54) is 12.8 Å². The molecular formula is C17H21N3O3. The van der Waals surface area contributed by atoms with Gasteiger partial charge in [-0.15, -0.1) is 0 Å². The minimum atomic E-state index is 0.536. The molecule has 0 bridgehead atoms.